The van der Waals surface area contributed by atoms with E-state index in [0.29, 0.717) is 18.0 Å². The Morgan fingerprint density at radius 2 is 1.47 bits per heavy atom. The van der Waals surface area contributed by atoms with Crippen molar-refractivity contribution in [1.82, 2.24) is 10.2 Å². The summed E-state index contributed by atoms with van der Waals surface area (Å²) < 4.78 is 31.8. The summed E-state index contributed by atoms with van der Waals surface area (Å²) in [6, 6.07) is 24.4. The minimum atomic E-state index is -3.81. The van der Waals surface area contributed by atoms with Crippen LogP contribution in [0.4, 0.5) is 5.69 Å². The zero-order valence-corrected chi connectivity index (χ0v) is 22.9. The fourth-order valence-corrected chi connectivity index (χ4v) is 4.91. The van der Waals surface area contributed by atoms with Gasteiger partial charge < -0.3 is 15.0 Å². The van der Waals surface area contributed by atoms with E-state index in [0.717, 1.165) is 28.1 Å². The highest BCUT2D eigenvalue weighted by Crippen LogP contribution is 2.23. The number of hydrogen-bond acceptors (Lipinski definition) is 5. The van der Waals surface area contributed by atoms with Gasteiger partial charge in [0.05, 0.1) is 19.1 Å². The molecule has 3 aromatic carbocycles. The molecule has 3 aromatic rings. The summed E-state index contributed by atoms with van der Waals surface area (Å²) in [5.74, 6) is -0.201. The Labute approximate surface area is 225 Å². The second kappa shape index (κ2) is 13.6. The fourth-order valence-electron chi connectivity index (χ4n) is 4.06. The standard InChI is InChI=1S/C29H35N3O5S/c1-4-19-30-29(34)27(20-23-11-7-5-8-12-23)31(21-24-13-9-6-10-14-24)28(33)22-32(38(3,35)36)25-15-17-26(37-2)18-16-25/h5-18,27H,4,19-22H2,1-3H3,(H,30,34)/t27-/m1/s1. The summed E-state index contributed by atoms with van der Waals surface area (Å²) in [7, 11) is -2.29. The maximum atomic E-state index is 13.9. The van der Waals surface area contributed by atoms with Gasteiger partial charge in [-0.1, -0.05) is 67.6 Å². The first-order valence-corrected chi connectivity index (χ1v) is 14.3. The molecular weight excluding hydrogens is 502 g/mol. The van der Waals surface area contributed by atoms with Crippen LogP contribution in [0.3, 0.4) is 0 Å². The van der Waals surface area contributed by atoms with E-state index in [4.69, 9.17) is 4.74 Å². The third kappa shape index (κ3) is 8.08. The van der Waals surface area contributed by atoms with Crippen molar-refractivity contribution >= 4 is 27.5 Å². The number of methoxy groups -OCH3 is 1. The normalized spacial score (nSPS) is 11.9. The molecule has 1 atom stereocenters. The highest BCUT2D eigenvalue weighted by atomic mass is 32.2. The molecule has 0 heterocycles. The van der Waals surface area contributed by atoms with Crippen molar-refractivity contribution < 1.29 is 22.7 Å². The van der Waals surface area contributed by atoms with E-state index in [9.17, 15) is 18.0 Å². The first kappa shape index (κ1) is 28.7. The molecule has 0 spiro atoms. The topological polar surface area (TPSA) is 96.0 Å². The van der Waals surface area contributed by atoms with Gasteiger partial charge in [0.15, 0.2) is 0 Å². The molecule has 3 rings (SSSR count). The molecule has 8 nitrogen and oxygen atoms in total. The van der Waals surface area contributed by atoms with E-state index in [1.807, 2.05) is 67.6 Å². The molecule has 0 saturated carbocycles. The van der Waals surface area contributed by atoms with Crippen LogP contribution in [0, 0.1) is 0 Å². The van der Waals surface area contributed by atoms with Crippen molar-refractivity contribution in [2.24, 2.45) is 0 Å². The van der Waals surface area contributed by atoms with Crippen LogP contribution in [0.15, 0.2) is 84.9 Å². The van der Waals surface area contributed by atoms with E-state index < -0.39 is 28.5 Å². The lowest BCUT2D eigenvalue weighted by atomic mass is 10.0. The lowest BCUT2D eigenvalue weighted by Gasteiger charge is -2.33. The Bertz CT molecular complexity index is 1280. The first-order valence-electron chi connectivity index (χ1n) is 12.5. The number of sulfonamides is 1. The molecule has 0 aromatic heterocycles. The Kier molecular flexibility index (Phi) is 10.3. The number of nitrogens with zero attached hydrogens (tertiary/aromatic N) is 2. The van der Waals surface area contributed by atoms with Gasteiger partial charge >= 0.3 is 0 Å². The number of rotatable bonds is 13. The first-order chi connectivity index (χ1) is 18.2. The largest absolute Gasteiger partial charge is 0.497 e. The number of ether oxygens (including phenoxy) is 1. The summed E-state index contributed by atoms with van der Waals surface area (Å²) in [4.78, 5) is 28.8. The molecule has 0 aliphatic heterocycles. The van der Waals surface area contributed by atoms with Gasteiger partial charge in [0, 0.05) is 19.5 Å². The van der Waals surface area contributed by atoms with Gasteiger partial charge in [0.2, 0.25) is 21.8 Å². The summed E-state index contributed by atoms with van der Waals surface area (Å²) in [6.45, 7) is 2.12. The van der Waals surface area contributed by atoms with Crippen molar-refractivity contribution in [3.05, 3.63) is 96.1 Å². The van der Waals surface area contributed by atoms with E-state index in [2.05, 4.69) is 5.32 Å². The molecule has 2 amide bonds. The van der Waals surface area contributed by atoms with E-state index in [-0.39, 0.29) is 18.9 Å². The van der Waals surface area contributed by atoms with Gasteiger partial charge in [-0.25, -0.2) is 8.42 Å². The van der Waals surface area contributed by atoms with E-state index >= 15 is 0 Å². The van der Waals surface area contributed by atoms with Crippen molar-refractivity contribution in [1.29, 1.82) is 0 Å². The lowest BCUT2D eigenvalue weighted by Crippen LogP contribution is -2.53. The number of benzene rings is 3. The third-order valence-corrected chi connectivity index (χ3v) is 7.20. The fraction of sp³-hybridized carbons (Fsp3) is 0.310. The van der Waals surface area contributed by atoms with Gasteiger partial charge in [0.25, 0.3) is 0 Å². The predicted molar refractivity (Wildman–Crippen MR) is 149 cm³/mol. The number of hydrogen-bond donors (Lipinski definition) is 1. The summed E-state index contributed by atoms with van der Waals surface area (Å²) >= 11 is 0. The highest BCUT2D eigenvalue weighted by Gasteiger charge is 2.32. The summed E-state index contributed by atoms with van der Waals surface area (Å²) in [5.41, 5.74) is 2.05. The molecule has 202 valence electrons. The number of carbonyl (C=O) groups excluding carboxylic acids is 2. The van der Waals surface area contributed by atoms with Gasteiger partial charge in [-0.3, -0.25) is 13.9 Å². The molecule has 38 heavy (non-hydrogen) atoms. The SMILES string of the molecule is CCCNC(=O)[C@@H](Cc1ccccc1)N(Cc1ccccc1)C(=O)CN(c1ccc(OC)cc1)S(C)(=O)=O. The second-order valence-corrected chi connectivity index (χ2v) is 10.9. The maximum absolute atomic E-state index is 13.9. The van der Waals surface area contributed by atoms with Crippen LogP contribution in [-0.2, 0) is 32.6 Å². The Morgan fingerprint density at radius 3 is 2.00 bits per heavy atom. The Morgan fingerprint density at radius 1 is 0.895 bits per heavy atom. The van der Waals surface area contributed by atoms with E-state index in [1.54, 1.807) is 24.3 Å². The smallest absolute Gasteiger partial charge is 0.244 e. The van der Waals surface area contributed by atoms with Crippen LogP contribution in [-0.4, -0.2) is 57.6 Å². The van der Waals surface area contributed by atoms with Gasteiger partial charge in [-0.05, 0) is 41.8 Å². The van der Waals surface area contributed by atoms with Crippen molar-refractivity contribution in [3.63, 3.8) is 0 Å². The second-order valence-electron chi connectivity index (χ2n) is 8.97. The minimum Gasteiger partial charge on any atom is -0.497 e. The zero-order chi connectivity index (χ0) is 27.5. The average molecular weight is 538 g/mol. The van der Waals surface area contributed by atoms with E-state index in [1.165, 1.54) is 12.0 Å². The van der Waals surface area contributed by atoms with Crippen LogP contribution < -0.4 is 14.4 Å². The van der Waals surface area contributed by atoms with Crippen molar-refractivity contribution in [2.45, 2.75) is 32.4 Å². The molecule has 1 N–H and O–H groups in total. The minimum absolute atomic E-state index is 0.150. The molecule has 0 radical (unpaired) electrons. The molecule has 0 unspecified atom stereocenters. The molecule has 0 bridgehead atoms. The Balaban J connectivity index is 2.00. The third-order valence-electron chi connectivity index (χ3n) is 6.06. The predicted octanol–water partition coefficient (Wildman–Crippen LogP) is 3.63. The van der Waals surface area contributed by atoms with Gasteiger partial charge in [-0.2, -0.15) is 0 Å². The number of carbonyl (C=O) groups is 2. The molecular formula is C29H35N3O5S. The van der Waals surface area contributed by atoms with Crippen LogP contribution >= 0.6 is 0 Å². The number of amides is 2. The van der Waals surface area contributed by atoms with Crippen molar-refractivity contribution in [2.75, 3.05) is 30.8 Å². The molecule has 0 aliphatic rings. The summed E-state index contributed by atoms with van der Waals surface area (Å²) in [6.07, 6.45) is 2.09. The molecule has 0 aliphatic carbocycles. The lowest BCUT2D eigenvalue weighted by molar-refractivity contribution is -0.140. The molecule has 9 heteroatoms. The average Bonchev–Trinajstić information content (AvgIpc) is 2.92. The number of nitrogens with one attached hydrogen (secondary N) is 1. The number of anilines is 1. The summed E-state index contributed by atoms with van der Waals surface area (Å²) in [5, 5.41) is 2.92. The molecule has 0 saturated heterocycles. The Hall–Kier alpha value is -3.85. The van der Waals surface area contributed by atoms with Crippen LogP contribution in [0.25, 0.3) is 0 Å². The molecule has 0 fully saturated rings. The maximum Gasteiger partial charge on any atom is 0.244 e. The monoisotopic (exact) mass is 537 g/mol. The van der Waals surface area contributed by atoms with Crippen molar-refractivity contribution in [3.8, 4) is 5.75 Å². The van der Waals surface area contributed by atoms with Crippen LogP contribution in [0.5, 0.6) is 5.75 Å². The van der Waals surface area contributed by atoms with Crippen LogP contribution in [0.1, 0.15) is 24.5 Å². The quantitative estimate of drug-likeness (QED) is 0.359. The highest BCUT2D eigenvalue weighted by molar-refractivity contribution is 7.92. The van der Waals surface area contributed by atoms with Crippen LogP contribution in [0.2, 0.25) is 0 Å². The van der Waals surface area contributed by atoms with Gasteiger partial charge in [0.1, 0.15) is 18.3 Å². The van der Waals surface area contributed by atoms with Gasteiger partial charge in [-0.15, -0.1) is 0 Å². The zero-order valence-electron chi connectivity index (χ0n) is 22.0.